The van der Waals surface area contributed by atoms with Gasteiger partial charge in [-0.3, -0.25) is 10.1 Å². The number of benzene rings is 2. The van der Waals surface area contributed by atoms with E-state index in [1.807, 2.05) is 0 Å². The van der Waals surface area contributed by atoms with Gasteiger partial charge in [-0.05, 0) is 23.8 Å². The van der Waals surface area contributed by atoms with E-state index in [4.69, 9.17) is 9.84 Å². The number of rotatable bonds is 4. The van der Waals surface area contributed by atoms with Crippen molar-refractivity contribution < 1.29 is 23.5 Å². The van der Waals surface area contributed by atoms with E-state index in [2.05, 4.69) is 0 Å². The van der Waals surface area contributed by atoms with Crippen molar-refractivity contribution in [2.45, 2.75) is 6.61 Å². The lowest BCUT2D eigenvalue weighted by atomic mass is 10.2. The van der Waals surface area contributed by atoms with Crippen LogP contribution in [0.2, 0.25) is 0 Å². The topological polar surface area (TPSA) is 72.6 Å². The molecule has 7 heteroatoms. The van der Waals surface area contributed by atoms with E-state index in [9.17, 15) is 18.9 Å². The fraction of sp³-hybridized carbons (Fsp3) is 0.0769. The predicted octanol–water partition coefficient (Wildman–Crippen LogP) is 3.16. The second-order valence-electron chi connectivity index (χ2n) is 3.87. The maximum Gasteiger partial charge on any atom is 0.314 e. The Morgan fingerprint density at radius 3 is 2.65 bits per heavy atom. The molecule has 2 rings (SSSR count). The standard InChI is InChI=1S/C13H9F2NO4/c14-10-4-5-11(16(18)19)13(12(10)15)20-9-3-1-2-8(6-9)7-17/h1-6,17H,7H2. The first-order chi connectivity index (χ1) is 9.52. The highest BCUT2D eigenvalue weighted by atomic mass is 19.2. The molecule has 0 radical (unpaired) electrons. The van der Waals surface area contributed by atoms with Crippen molar-refractivity contribution in [3.63, 3.8) is 0 Å². The number of hydrogen-bond acceptors (Lipinski definition) is 4. The highest BCUT2D eigenvalue weighted by Gasteiger charge is 2.23. The van der Waals surface area contributed by atoms with Gasteiger partial charge in [0.2, 0.25) is 11.6 Å². The molecule has 0 aliphatic rings. The van der Waals surface area contributed by atoms with Crippen molar-refractivity contribution in [2.24, 2.45) is 0 Å². The SMILES string of the molecule is O=[N+]([O-])c1ccc(F)c(F)c1Oc1cccc(CO)c1. The van der Waals surface area contributed by atoms with Crippen LogP contribution in [0.3, 0.4) is 0 Å². The van der Waals surface area contributed by atoms with Crippen molar-refractivity contribution in [1.29, 1.82) is 0 Å². The highest BCUT2D eigenvalue weighted by molar-refractivity contribution is 5.49. The van der Waals surface area contributed by atoms with Gasteiger partial charge in [-0.2, -0.15) is 4.39 Å². The van der Waals surface area contributed by atoms with E-state index in [1.54, 1.807) is 6.07 Å². The maximum absolute atomic E-state index is 13.6. The zero-order chi connectivity index (χ0) is 14.7. The lowest BCUT2D eigenvalue weighted by Crippen LogP contribution is -1.99. The first kappa shape index (κ1) is 13.9. The summed E-state index contributed by atoms with van der Waals surface area (Å²) in [5.74, 6) is -3.42. The van der Waals surface area contributed by atoms with Crippen LogP contribution in [0.4, 0.5) is 14.5 Å². The van der Waals surface area contributed by atoms with Gasteiger partial charge in [-0.25, -0.2) is 4.39 Å². The van der Waals surface area contributed by atoms with Crippen LogP contribution in [-0.2, 0) is 6.61 Å². The molecule has 0 fully saturated rings. The van der Waals surface area contributed by atoms with Gasteiger partial charge in [0.05, 0.1) is 11.5 Å². The zero-order valence-electron chi connectivity index (χ0n) is 10.0. The minimum Gasteiger partial charge on any atom is -0.447 e. The van der Waals surface area contributed by atoms with Gasteiger partial charge in [0, 0.05) is 6.07 Å². The number of nitrogens with zero attached hydrogens (tertiary/aromatic N) is 1. The van der Waals surface area contributed by atoms with Crippen molar-refractivity contribution in [3.8, 4) is 11.5 Å². The predicted molar refractivity (Wildman–Crippen MR) is 65.5 cm³/mol. The fourth-order valence-electron chi connectivity index (χ4n) is 1.59. The summed E-state index contributed by atoms with van der Waals surface area (Å²) in [6.07, 6.45) is 0. The van der Waals surface area contributed by atoms with Crippen LogP contribution in [0.25, 0.3) is 0 Å². The van der Waals surface area contributed by atoms with Crippen molar-refractivity contribution in [3.05, 3.63) is 63.7 Å². The third-order valence-corrected chi connectivity index (χ3v) is 2.53. The van der Waals surface area contributed by atoms with Crippen molar-refractivity contribution in [1.82, 2.24) is 0 Å². The fourth-order valence-corrected chi connectivity index (χ4v) is 1.59. The summed E-state index contributed by atoms with van der Waals surface area (Å²) in [4.78, 5) is 9.93. The molecule has 20 heavy (non-hydrogen) atoms. The second-order valence-corrected chi connectivity index (χ2v) is 3.87. The van der Waals surface area contributed by atoms with Crippen LogP contribution in [0.5, 0.6) is 11.5 Å². The lowest BCUT2D eigenvalue weighted by Gasteiger charge is -2.08. The Morgan fingerprint density at radius 2 is 2.00 bits per heavy atom. The Hall–Kier alpha value is -2.54. The quantitative estimate of drug-likeness (QED) is 0.690. The molecule has 0 aliphatic carbocycles. The lowest BCUT2D eigenvalue weighted by molar-refractivity contribution is -0.385. The molecule has 0 heterocycles. The van der Waals surface area contributed by atoms with E-state index < -0.39 is 28.0 Å². The van der Waals surface area contributed by atoms with Crippen molar-refractivity contribution in [2.75, 3.05) is 0 Å². The van der Waals surface area contributed by atoms with Gasteiger partial charge in [-0.1, -0.05) is 12.1 Å². The van der Waals surface area contributed by atoms with Gasteiger partial charge in [0.25, 0.3) is 0 Å². The minimum atomic E-state index is -1.44. The molecular formula is C13H9F2NO4. The van der Waals surface area contributed by atoms with Gasteiger partial charge >= 0.3 is 5.69 Å². The van der Waals surface area contributed by atoms with E-state index in [0.717, 1.165) is 6.07 Å². The first-order valence-corrected chi connectivity index (χ1v) is 5.53. The molecule has 0 saturated heterocycles. The first-order valence-electron chi connectivity index (χ1n) is 5.53. The number of ether oxygens (including phenoxy) is 1. The van der Waals surface area contributed by atoms with Crippen molar-refractivity contribution >= 4 is 5.69 Å². The van der Waals surface area contributed by atoms with Crippen LogP contribution < -0.4 is 4.74 Å². The Balaban J connectivity index is 2.46. The van der Waals surface area contributed by atoms with Gasteiger partial charge in [0.15, 0.2) is 5.82 Å². The average Bonchev–Trinajstić information content (AvgIpc) is 2.44. The van der Waals surface area contributed by atoms with E-state index in [1.165, 1.54) is 18.2 Å². The molecule has 2 aromatic carbocycles. The number of hydrogen-bond donors (Lipinski definition) is 1. The number of nitro groups is 1. The number of halogens is 2. The Morgan fingerprint density at radius 1 is 1.25 bits per heavy atom. The molecule has 0 bridgehead atoms. The molecule has 0 atom stereocenters. The number of nitro benzene ring substituents is 1. The molecule has 0 saturated carbocycles. The largest absolute Gasteiger partial charge is 0.447 e. The molecule has 0 amide bonds. The summed E-state index contributed by atoms with van der Waals surface area (Å²) < 4.78 is 31.8. The molecule has 0 aromatic heterocycles. The van der Waals surface area contributed by atoms with E-state index in [-0.39, 0.29) is 12.4 Å². The van der Waals surface area contributed by atoms with E-state index >= 15 is 0 Å². The van der Waals surface area contributed by atoms with Crippen LogP contribution in [0.1, 0.15) is 5.56 Å². The Labute approximate surface area is 112 Å². The summed E-state index contributed by atoms with van der Waals surface area (Å²) >= 11 is 0. The van der Waals surface area contributed by atoms with Crippen LogP contribution in [-0.4, -0.2) is 10.0 Å². The van der Waals surface area contributed by atoms with Gasteiger partial charge in [0.1, 0.15) is 5.75 Å². The smallest absolute Gasteiger partial charge is 0.314 e. The van der Waals surface area contributed by atoms with E-state index in [0.29, 0.717) is 11.6 Å². The normalized spacial score (nSPS) is 10.3. The Kier molecular flexibility index (Phi) is 3.90. The van der Waals surface area contributed by atoms with Crippen LogP contribution >= 0.6 is 0 Å². The zero-order valence-corrected chi connectivity index (χ0v) is 10.0. The van der Waals surface area contributed by atoms with Gasteiger partial charge in [-0.15, -0.1) is 0 Å². The summed E-state index contributed by atoms with van der Waals surface area (Å²) in [5, 5.41) is 19.8. The molecule has 0 aliphatic heterocycles. The summed E-state index contributed by atoms with van der Waals surface area (Å²) in [6, 6.07) is 7.36. The average molecular weight is 281 g/mol. The number of aliphatic hydroxyl groups excluding tert-OH is 1. The summed E-state index contributed by atoms with van der Waals surface area (Å²) in [7, 11) is 0. The molecule has 2 aromatic rings. The molecule has 1 N–H and O–H groups in total. The third kappa shape index (κ3) is 2.72. The Bertz CT molecular complexity index is 661. The molecular weight excluding hydrogens is 272 g/mol. The molecule has 5 nitrogen and oxygen atoms in total. The number of aliphatic hydroxyl groups is 1. The van der Waals surface area contributed by atoms with Crippen LogP contribution in [0.15, 0.2) is 36.4 Å². The molecule has 0 spiro atoms. The summed E-state index contributed by atoms with van der Waals surface area (Å²) in [5.41, 5.74) is -0.208. The maximum atomic E-state index is 13.6. The monoisotopic (exact) mass is 281 g/mol. The summed E-state index contributed by atoms with van der Waals surface area (Å²) in [6.45, 7) is -0.273. The minimum absolute atomic E-state index is 0.0594. The molecule has 104 valence electrons. The highest BCUT2D eigenvalue weighted by Crippen LogP contribution is 2.35. The molecule has 0 unspecified atom stereocenters. The van der Waals surface area contributed by atoms with Gasteiger partial charge < -0.3 is 9.84 Å². The second kappa shape index (κ2) is 5.62. The third-order valence-electron chi connectivity index (χ3n) is 2.53. The van der Waals surface area contributed by atoms with Crippen LogP contribution in [0, 0.1) is 21.7 Å².